The van der Waals surface area contributed by atoms with Crippen LogP contribution in [-0.4, -0.2) is 10.8 Å². The zero-order valence-corrected chi connectivity index (χ0v) is 13.4. The molecule has 2 heteroatoms. The summed E-state index contributed by atoms with van der Waals surface area (Å²) in [6, 6.07) is 20.6. The first-order valence-corrected chi connectivity index (χ1v) is 8.39. The molecular weight excluding hydrogens is 294 g/mol. The van der Waals surface area contributed by atoms with Crippen molar-refractivity contribution in [1.29, 1.82) is 0 Å². The van der Waals surface area contributed by atoms with Crippen LogP contribution in [0, 0.1) is 5.92 Å². The molecule has 2 atom stereocenters. The zero-order chi connectivity index (χ0) is 16.4. The summed E-state index contributed by atoms with van der Waals surface area (Å²) in [4.78, 5) is 17.1. The number of aromatic nitrogens is 1. The number of carbonyl (C=O) groups excluding carboxylic acids is 1. The first-order valence-electron chi connectivity index (χ1n) is 8.39. The van der Waals surface area contributed by atoms with Gasteiger partial charge in [0.15, 0.2) is 0 Å². The van der Waals surface area contributed by atoms with E-state index in [0.717, 1.165) is 22.9 Å². The van der Waals surface area contributed by atoms with Crippen molar-refractivity contribution in [2.45, 2.75) is 18.8 Å². The molecule has 24 heavy (non-hydrogen) atoms. The van der Waals surface area contributed by atoms with Gasteiger partial charge >= 0.3 is 0 Å². The van der Waals surface area contributed by atoms with Crippen molar-refractivity contribution < 1.29 is 4.79 Å². The highest BCUT2D eigenvalue weighted by Crippen LogP contribution is 2.34. The maximum Gasteiger partial charge on any atom is 0.140 e. The third-order valence-corrected chi connectivity index (χ3v) is 4.80. The van der Waals surface area contributed by atoms with Gasteiger partial charge in [-0.05, 0) is 29.7 Å². The highest BCUT2D eigenvalue weighted by Gasteiger charge is 2.29. The normalized spacial score (nSPS) is 20.4. The van der Waals surface area contributed by atoms with Gasteiger partial charge in [-0.1, -0.05) is 60.7 Å². The van der Waals surface area contributed by atoms with Gasteiger partial charge in [0.25, 0.3) is 0 Å². The van der Waals surface area contributed by atoms with Crippen LogP contribution in [0.15, 0.2) is 79.0 Å². The largest absolute Gasteiger partial charge is 0.299 e. The molecule has 0 spiro atoms. The Balaban J connectivity index is 1.67. The second-order valence-electron chi connectivity index (χ2n) is 6.38. The number of ketones is 1. The van der Waals surface area contributed by atoms with Gasteiger partial charge in [-0.2, -0.15) is 0 Å². The van der Waals surface area contributed by atoms with Crippen molar-refractivity contribution in [1.82, 2.24) is 4.98 Å². The number of nitrogens with zero attached hydrogens (tertiary/aromatic N) is 1. The molecule has 0 N–H and O–H groups in total. The lowest BCUT2D eigenvalue weighted by molar-refractivity contribution is -0.122. The lowest BCUT2D eigenvalue weighted by Gasteiger charge is -2.27. The van der Waals surface area contributed by atoms with Crippen LogP contribution in [0.25, 0.3) is 10.9 Å². The van der Waals surface area contributed by atoms with Crippen LogP contribution in [0.5, 0.6) is 0 Å². The Hall–Kier alpha value is -2.74. The quantitative estimate of drug-likeness (QED) is 0.656. The van der Waals surface area contributed by atoms with E-state index in [1.54, 1.807) is 0 Å². The Morgan fingerprint density at radius 1 is 1.00 bits per heavy atom. The van der Waals surface area contributed by atoms with Crippen molar-refractivity contribution >= 4 is 16.7 Å². The van der Waals surface area contributed by atoms with Crippen LogP contribution >= 0.6 is 0 Å². The Kier molecular flexibility index (Phi) is 3.96. The van der Waals surface area contributed by atoms with Crippen LogP contribution in [0.1, 0.15) is 23.5 Å². The molecule has 0 amide bonds. The molecule has 1 aliphatic rings. The molecule has 2 nitrogen and oxygen atoms in total. The zero-order valence-electron chi connectivity index (χ0n) is 13.4. The van der Waals surface area contributed by atoms with E-state index in [2.05, 4.69) is 35.3 Å². The molecule has 0 fully saturated rings. The lowest BCUT2D eigenvalue weighted by atomic mass is 9.76. The number of para-hydroxylation sites is 1. The first-order chi connectivity index (χ1) is 11.8. The Labute approximate surface area is 141 Å². The molecule has 0 unspecified atom stereocenters. The fourth-order valence-electron chi connectivity index (χ4n) is 3.56. The van der Waals surface area contributed by atoms with E-state index in [9.17, 15) is 4.79 Å². The van der Waals surface area contributed by atoms with Crippen molar-refractivity contribution in [2.24, 2.45) is 5.92 Å². The van der Waals surface area contributed by atoms with Gasteiger partial charge in [-0.15, -0.1) is 0 Å². The molecule has 0 aliphatic heterocycles. The molecular formula is C22H19NO. The number of Topliss-reactive ketones (excluding diaryl/α,β-unsaturated/α-hetero) is 1. The summed E-state index contributed by atoms with van der Waals surface area (Å²) in [5.41, 5.74) is 3.33. The molecule has 0 saturated carbocycles. The van der Waals surface area contributed by atoms with Crippen molar-refractivity contribution in [3.05, 3.63) is 90.1 Å². The predicted molar refractivity (Wildman–Crippen MR) is 96.9 cm³/mol. The SMILES string of the molecule is O=C1CC=C[C@@H](c2ccccc2)[C@@H]1Cc1cnc2ccccc2c1. The maximum absolute atomic E-state index is 12.6. The number of hydrogen-bond acceptors (Lipinski definition) is 2. The number of rotatable bonds is 3. The molecule has 1 aliphatic carbocycles. The molecule has 0 radical (unpaired) electrons. The average molecular weight is 313 g/mol. The monoisotopic (exact) mass is 313 g/mol. The Morgan fingerprint density at radius 2 is 1.79 bits per heavy atom. The molecule has 4 rings (SSSR count). The third-order valence-electron chi connectivity index (χ3n) is 4.80. The summed E-state index contributed by atoms with van der Waals surface area (Å²) in [6.07, 6.45) is 7.39. The minimum absolute atomic E-state index is 0.0136. The number of allylic oxidation sites excluding steroid dienone is 2. The number of pyridine rings is 1. The van der Waals surface area contributed by atoms with Crippen molar-refractivity contribution in [3.63, 3.8) is 0 Å². The van der Waals surface area contributed by atoms with Gasteiger partial charge in [0, 0.05) is 29.8 Å². The molecule has 2 aromatic carbocycles. The van der Waals surface area contributed by atoms with Crippen LogP contribution in [0.2, 0.25) is 0 Å². The van der Waals surface area contributed by atoms with Gasteiger partial charge in [0.05, 0.1) is 5.52 Å². The van der Waals surface area contributed by atoms with Gasteiger partial charge < -0.3 is 0 Å². The van der Waals surface area contributed by atoms with E-state index in [4.69, 9.17) is 0 Å². The highest BCUT2D eigenvalue weighted by atomic mass is 16.1. The maximum atomic E-state index is 12.6. The summed E-state index contributed by atoms with van der Waals surface area (Å²) in [7, 11) is 0. The second-order valence-corrected chi connectivity index (χ2v) is 6.38. The van der Waals surface area contributed by atoms with Crippen LogP contribution in [-0.2, 0) is 11.2 Å². The van der Waals surface area contributed by atoms with E-state index in [-0.39, 0.29) is 11.8 Å². The lowest BCUT2D eigenvalue weighted by Crippen LogP contribution is -2.26. The summed E-state index contributed by atoms with van der Waals surface area (Å²) >= 11 is 0. The highest BCUT2D eigenvalue weighted by molar-refractivity contribution is 5.85. The molecule has 3 aromatic rings. The summed E-state index contributed by atoms with van der Waals surface area (Å²) in [6.45, 7) is 0. The topological polar surface area (TPSA) is 30.0 Å². The summed E-state index contributed by atoms with van der Waals surface area (Å²) in [5, 5.41) is 1.13. The molecule has 1 heterocycles. The van der Waals surface area contributed by atoms with Crippen LogP contribution in [0.4, 0.5) is 0 Å². The third kappa shape index (κ3) is 2.88. The van der Waals surface area contributed by atoms with E-state index in [1.165, 1.54) is 5.56 Å². The van der Waals surface area contributed by atoms with Crippen molar-refractivity contribution in [2.75, 3.05) is 0 Å². The fraction of sp³-hybridized carbons (Fsp3) is 0.182. The average Bonchev–Trinajstić information content (AvgIpc) is 2.64. The number of benzene rings is 2. The Morgan fingerprint density at radius 3 is 2.67 bits per heavy atom. The summed E-state index contributed by atoms with van der Waals surface area (Å²) < 4.78 is 0. The summed E-state index contributed by atoms with van der Waals surface area (Å²) in [5.74, 6) is 0.457. The first kappa shape index (κ1) is 14.8. The predicted octanol–water partition coefficient (Wildman–Crippen LogP) is 4.71. The smallest absolute Gasteiger partial charge is 0.140 e. The Bertz CT molecular complexity index is 898. The number of carbonyl (C=O) groups is 1. The molecule has 0 saturated heterocycles. The second kappa shape index (κ2) is 6.40. The molecule has 0 bridgehead atoms. The van der Waals surface area contributed by atoms with Gasteiger partial charge in [0.1, 0.15) is 5.78 Å². The fourth-order valence-corrected chi connectivity index (χ4v) is 3.56. The molecule has 118 valence electrons. The molecule has 1 aromatic heterocycles. The van der Waals surface area contributed by atoms with Crippen LogP contribution < -0.4 is 0 Å². The van der Waals surface area contributed by atoms with E-state index < -0.39 is 0 Å². The van der Waals surface area contributed by atoms with Crippen LogP contribution in [0.3, 0.4) is 0 Å². The van der Waals surface area contributed by atoms with E-state index in [0.29, 0.717) is 12.2 Å². The van der Waals surface area contributed by atoms with Gasteiger partial charge in [-0.3, -0.25) is 9.78 Å². The van der Waals surface area contributed by atoms with Gasteiger partial charge in [-0.25, -0.2) is 0 Å². The minimum Gasteiger partial charge on any atom is -0.299 e. The van der Waals surface area contributed by atoms with Crippen molar-refractivity contribution in [3.8, 4) is 0 Å². The number of hydrogen-bond donors (Lipinski definition) is 0. The minimum atomic E-state index is -0.0136. The van der Waals surface area contributed by atoms with Gasteiger partial charge in [0.2, 0.25) is 0 Å². The van der Waals surface area contributed by atoms with E-state index >= 15 is 0 Å². The number of fused-ring (bicyclic) bond motifs is 1. The standard InChI is InChI=1S/C22H19NO/c24-22-12-6-10-19(17-7-2-1-3-8-17)20(22)14-16-13-18-9-4-5-11-21(18)23-15-16/h1-11,13,15,19-20H,12,14H2/t19-,20-/m0/s1. The van der Waals surface area contributed by atoms with E-state index in [1.807, 2.05) is 48.7 Å².